The smallest absolute Gasteiger partial charge is 0.307 e. The molecule has 30 heavy (non-hydrogen) atoms. The van der Waals surface area contributed by atoms with Gasteiger partial charge in [-0.15, -0.1) is 0 Å². The van der Waals surface area contributed by atoms with Crippen molar-refractivity contribution in [3.05, 3.63) is 93.8 Å². The van der Waals surface area contributed by atoms with Crippen LogP contribution in [0, 0.1) is 12.7 Å². The zero-order valence-electron chi connectivity index (χ0n) is 16.1. The number of ether oxygens (including phenoxy) is 1. The average molecular weight is 428 g/mol. The van der Waals surface area contributed by atoms with Gasteiger partial charge in [0, 0.05) is 5.69 Å². The summed E-state index contributed by atoms with van der Waals surface area (Å²) in [5.74, 6) is -1.28. The SMILES string of the molecule is Cc1cc(CC(=O)O)ccc1NC(=O)c1cc(OCc2cccc(F)c2)ccc1Cl. The largest absolute Gasteiger partial charge is 0.489 e. The minimum Gasteiger partial charge on any atom is -0.489 e. The van der Waals surface area contributed by atoms with Crippen LogP contribution in [0.4, 0.5) is 10.1 Å². The number of rotatable bonds is 7. The first-order valence-corrected chi connectivity index (χ1v) is 9.49. The van der Waals surface area contributed by atoms with E-state index in [-0.39, 0.29) is 29.4 Å². The summed E-state index contributed by atoms with van der Waals surface area (Å²) in [6.45, 7) is 1.92. The molecule has 2 N–H and O–H groups in total. The molecule has 0 saturated carbocycles. The molecule has 0 aliphatic rings. The van der Waals surface area contributed by atoms with Crippen LogP contribution >= 0.6 is 11.6 Å². The van der Waals surface area contributed by atoms with Crippen molar-refractivity contribution in [3.63, 3.8) is 0 Å². The van der Waals surface area contributed by atoms with E-state index in [0.717, 1.165) is 5.56 Å². The van der Waals surface area contributed by atoms with Crippen LogP contribution in [-0.2, 0) is 17.8 Å². The molecule has 0 radical (unpaired) electrons. The molecule has 0 aromatic heterocycles. The summed E-state index contributed by atoms with van der Waals surface area (Å²) < 4.78 is 18.9. The number of halogens is 2. The minimum atomic E-state index is -0.923. The third-order valence-corrected chi connectivity index (χ3v) is 4.70. The zero-order valence-corrected chi connectivity index (χ0v) is 16.9. The molecule has 0 saturated heterocycles. The number of carboxylic acids is 1. The Labute approximate surface area is 178 Å². The van der Waals surface area contributed by atoms with Crippen LogP contribution in [0.15, 0.2) is 60.7 Å². The van der Waals surface area contributed by atoms with Crippen molar-refractivity contribution in [1.29, 1.82) is 0 Å². The first-order valence-electron chi connectivity index (χ1n) is 9.11. The van der Waals surface area contributed by atoms with E-state index in [1.807, 2.05) is 0 Å². The average Bonchev–Trinajstić information content (AvgIpc) is 2.69. The molecule has 0 heterocycles. The summed E-state index contributed by atoms with van der Waals surface area (Å²) in [4.78, 5) is 23.6. The summed E-state index contributed by atoms with van der Waals surface area (Å²) in [5.41, 5.74) is 2.81. The van der Waals surface area contributed by atoms with Gasteiger partial charge in [0.2, 0.25) is 0 Å². The molecule has 0 aliphatic carbocycles. The number of carboxylic acid groups (broad SMARTS) is 1. The third-order valence-electron chi connectivity index (χ3n) is 4.37. The topological polar surface area (TPSA) is 75.6 Å². The number of aliphatic carboxylic acids is 1. The van der Waals surface area contributed by atoms with Crippen LogP contribution in [0.2, 0.25) is 5.02 Å². The highest BCUT2D eigenvalue weighted by atomic mass is 35.5. The summed E-state index contributed by atoms with van der Waals surface area (Å²) >= 11 is 6.19. The number of anilines is 1. The highest BCUT2D eigenvalue weighted by Crippen LogP contribution is 2.25. The van der Waals surface area contributed by atoms with Crippen LogP contribution < -0.4 is 10.1 Å². The minimum absolute atomic E-state index is 0.0917. The quantitative estimate of drug-likeness (QED) is 0.540. The summed E-state index contributed by atoms with van der Waals surface area (Å²) in [6, 6.07) is 15.8. The van der Waals surface area contributed by atoms with E-state index in [9.17, 15) is 14.0 Å². The summed E-state index contributed by atoms with van der Waals surface area (Å²) in [6.07, 6.45) is -0.0917. The maximum absolute atomic E-state index is 13.3. The molecule has 0 unspecified atom stereocenters. The number of amides is 1. The first kappa shape index (κ1) is 21.3. The van der Waals surface area contributed by atoms with Crippen LogP contribution in [0.5, 0.6) is 5.75 Å². The molecular weight excluding hydrogens is 409 g/mol. The fraction of sp³-hybridized carbons (Fsp3) is 0.130. The van der Waals surface area contributed by atoms with Crippen LogP contribution in [0.3, 0.4) is 0 Å². The number of nitrogens with one attached hydrogen (secondary N) is 1. The van der Waals surface area contributed by atoms with Gasteiger partial charge in [-0.05, 0) is 60.0 Å². The Bertz CT molecular complexity index is 1100. The Kier molecular flexibility index (Phi) is 6.69. The normalized spacial score (nSPS) is 10.5. The number of carbonyl (C=O) groups excluding carboxylic acids is 1. The molecule has 1 amide bonds. The Morgan fingerprint density at radius 2 is 1.87 bits per heavy atom. The lowest BCUT2D eigenvalue weighted by Crippen LogP contribution is -2.14. The number of carbonyl (C=O) groups is 2. The molecule has 0 aliphatic heterocycles. The molecule has 0 atom stereocenters. The fourth-order valence-electron chi connectivity index (χ4n) is 2.90. The molecule has 154 valence electrons. The van der Waals surface area contributed by atoms with Gasteiger partial charge in [0.05, 0.1) is 17.0 Å². The van der Waals surface area contributed by atoms with Crippen molar-refractivity contribution >= 4 is 29.2 Å². The van der Waals surface area contributed by atoms with Gasteiger partial charge in [0.25, 0.3) is 5.91 Å². The second-order valence-electron chi connectivity index (χ2n) is 6.73. The lowest BCUT2D eigenvalue weighted by Gasteiger charge is -2.12. The molecule has 3 aromatic rings. The van der Waals surface area contributed by atoms with E-state index in [1.165, 1.54) is 18.2 Å². The molecule has 7 heteroatoms. The monoisotopic (exact) mass is 427 g/mol. The molecule has 0 spiro atoms. The van der Waals surface area contributed by atoms with Gasteiger partial charge >= 0.3 is 5.97 Å². The van der Waals surface area contributed by atoms with Crippen molar-refractivity contribution < 1.29 is 23.8 Å². The molecule has 5 nitrogen and oxygen atoms in total. The van der Waals surface area contributed by atoms with Gasteiger partial charge in [0.1, 0.15) is 18.2 Å². The second kappa shape index (κ2) is 9.41. The standard InChI is InChI=1S/C23H19ClFNO4/c1-14-9-15(11-22(27)28)5-8-21(14)26-23(29)19-12-18(6-7-20(19)24)30-13-16-3-2-4-17(25)10-16/h2-10,12H,11,13H2,1H3,(H,26,29)(H,27,28). The maximum Gasteiger partial charge on any atom is 0.307 e. The molecule has 3 aromatic carbocycles. The first-order chi connectivity index (χ1) is 14.3. The van der Waals surface area contributed by atoms with Gasteiger partial charge < -0.3 is 15.2 Å². The van der Waals surface area contributed by atoms with E-state index in [4.69, 9.17) is 21.4 Å². The Balaban J connectivity index is 1.72. The second-order valence-corrected chi connectivity index (χ2v) is 7.14. The zero-order chi connectivity index (χ0) is 21.7. The van der Waals surface area contributed by atoms with Gasteiger partial charge in [0.15, 0.2) is 0 Å². The molecule has 0 bridgehead atoms. The molecule has 3 rings (SSSR count). The van der Waals surface area contributed by atoms with Crippen molar-refractivity contribution in [2.45, 2.75) is 20.0 Å². The van der Waals surface area contributed by atoms with Crippen LogP contribution in [0.1, 0.15) is 27.0 Å². The number of aryl methyl sites for hydroxylation is 1. The molecule has 0 fully saturated rings. The van der Waals surface area contributed by atoms with E-state index in [0.29, 0.717) is 22.6 Å². The summed E-state index contributed by atoms with van der Waals surface area (Å²) in [5, 5.41) is 11.9. The van der Waals surface area contributed by atoms with Crippen molar-refractivity contribution in [1.82, 2.24) is 0 Å². The summed E-state index contributed by atoms with van der Waals surface area (Å²) in [7, 11) is 0. The predicted octanol–water partition coefficient (Wildman–Crippen LogP) is 5.25. The Morgan fingerprint density at radius 1 is 1.07 bits per heavy atom. The predicted molar refractivity (Wildman–Crippen MR) is 113 cm³/mol. The lowest BCUT2D eigenvalue weighted by atomic mass is 10.1. The van der Waals surface area contributed by atoms with Gasteiger partial charge in [-0.1, -0.05) is 35.9 Å². The highest BCUT2D eigenvalue weighted by molar-refractivity contribution is 6.34. The number of benzene rings is 3. The van der Waals surface area contributed by atoms with Crippen LogP contribution in [0.25, 0.3) is 0 Å². The van der Waals surface area contributed by atoms with Gasteiger partial charge in [-0.3, -0.25) is 9.59 Å². The van der Waals surface area contributed by atoms with E-state index in [2.05, 4.69) is 5.32 Å². The number of hydrogen-bond donors (Lipinski definition) is 2. The maximum atomic E-state index is 13.3. The Hall–Kier alpha value is -3.38. The Morgan fingerprint density at radius 3 is 2.57 bits per heavy atom. The van der Waals surface area contributed by atoms with Crippen molar-refractivity contribution in [2.24, 2.45) is 0 Å². The highest BCUT2D eigenvalue weighted by Gasteiger charge is 2.14. The van der Waals surface area contributed by atoms with Crippen molar-refractivity contribution in [2.75, 3.05) is 5.32 Å². The van der Waals surface area contributed by atoms with E-state index in [1.54, 1.807) is 49.4 Å². The van der Waals surface area contributed by atoms with E-state index < -0.39 is 11.9 Å². The fourth-order valence-corrected chi connectivity index (χ4v) is 3.11. The lowest BCUT2D eigenvalue weighted by molar-refractivity contribution is -0.136. The van der Waals surface area contributed by atoms with Crippen LogP contribution in [-0.4, -0.2) is 17.0 Å². The van der Waals surface area contributed by atoms with Gasteiger partial charge in [-0.2, -0.15) is 0 Å². The van der Waals surface area contributed by atoms with E-state index >= 15 is 0 Å². The number of hydrogen-bond acceptors (Lipinski definition) is 3. The molecular formula is C23H19ClFNO4. The van der Waals surface area contributed by atoms with Gasteiger partial charge in [-0.25, -0.2) is 4.39 Å². The third kappa shape index (κ3) is 5.58. The van der Waals surface area contributed by atoms with Crippen molar-refractivity contribution in [3.8, 4) is 5.75 Å².